The number of nitrogens with zero attached hydrogens (tertiary/aromatic N) is 3. The van der Waals surface area contributed by atoms with E-state index in [0.29, 0.717) is 16.8 Å². The summed E-state index contributed by atoms with van der Waals surface area (Å²) in [5.74, 6) is -3.85. The molecule has 4 N–H and O–H groups in total. The van der Waals surface area contributed by atoms with Crippen molar-refractivity contribution in [1.82, 2.24) is 36.3 Å². The van der Waals surface area contributed by atoms with E-state index < -0.39 is 77.6 Å². The molecule has 5 aromatic rings. The monoisotopic (exact) mass is 905 g/mol. The summed E-state index contributed by atoms with van der Waals surface area (Å²) >= 11 is 0. The van der Waals surface area contributed by atoms with Gasteiger partial charge in [-0.3, -0.25) is 20.0 Å². The van der Waals surface area contributed by atoms with Gasteiger partial charge in [0.25, 0.3) is 5.91 Å². The number of benzene rings is 4. The molecule has 0 saturated carbocycles. The number of carbonyl (C=O) groups excluding carboxylic acids is 5. The van der Waals surface area contributed by atoms with E-state index >= 15 is 0 Å². The smallest absolute Gasteiger partial charge is 0.408 e. The highest BCUT2D eigenvalue weighted by atomic mass is 19.1. The topological polar surface area (TPSA) is 171 Å². The van der Waals surface area contributed by atoms with E-state index in [1.165, 1.54) is 58.4 Å². The Bertz CT molecular complexity index is 2330. The minimum Gasteiger partial charge on any atom is -0.455 e. The van der Waals surface area contributed by atoms with Crippen molar-refractivity contribution in [2.24, 2.45) is 11.8 Å². The maximum absolute atomic E-state index is 14.4. The molecule has 0 aliphatic carbocycles. The van der Waals surface area contributed by atoms with E-state index in [-0.39, 0.29) is 38.2 Å². The van der Waals surface area contributed by atoms with Crippen LogP contribution in [0.4, 0.5) is 18.4 Å². The Kier molecular flexibility index (Phi) is 18.7. The molecule has 5 rings (SSSR count). The molecule has 0 bridgehead atoms. The summed E-state index contributed by atoms with van der Waals surface area (Å²) in [5, 5.41) is 9.93. The van der Waals surface area contributed by atoms with Crippen molar-refractivity contribution in [3.8, 4) is 0 Å². The molecular weight excluding hydrogens is 849 g/mol. The second-order valence-corrected chi connectivity index (χ2v) is 16.5. The van der Waals surface area contributed by atoms with Crippen molar-refractivity contribution < 1.29 is 42.2 Å². The molecule has 66 heavy (non-hydrogen) atoms. The molecule has 0 saturated heterocycles. The Labute approximate surface area is 384 Å². The maximum atomic E-state index is 14.4. The second-order valence-electron chi connectivity index (χ2n) is 16.5. The fourth-order valence-electron chi connectivity index (χ4n) is 6.86. The zero-order chi connectivity index (χ0) is 47.6. The predicted octanol–water partition coefficient (Wildman–Crippen LogP) is 6.96. The molecule has 16 heteroatoms. The van der Waals surface area contributed by atoms with Crippen LogP contribution in [0.5, 0.6) is 0 Å². The number of nitrogens with one attached hydrogen (secondary N) is 4. The number of amides is 5. The molecule has 0 spiro atoms. The Morgan fingerprint density at radius 3 is 1.80 bits per heavy atom. The Hall–Kier alpha value is -7.20. The van der Waals surface area contributed by atoms with Gasteiger partial charge in [-0.05, 0) is 83.5 Å². The molecule has 5 amide bonds. The summed E-state index contributed by atoms with van der Waals surface area (Å²) in [6.07, 6.45) is -0.488. The number of rotatable bonds is 21. The predicted molar refractivity (Wildman–Crippen MR) is 244 cm³/mol. The quantitative estimate of drug-likeness (QED) is 0.0449. The SMILES string of the molecule is CC(C)[C@H](NC(=O)OCc1ccccc1)C(=O)N[C@@H](Cc1ccc(F)cc1)[C@H](CN(Cc1ccc(F)cc1)NC(=O)[C@@H](NC(=O)N(C)Cc1ccccn1)C(C)C)OC(=O)c1ccccc1. The van der Waals surface area contributed by atoms with Crippen LogP contribution in [0.25, 0.3) is 0 Å². The average Bonchev–Trinajstić information content (AvgIpc) is 3.30. The first-order valence-corrected chi connectivity index (χ1v) is 21.6. The van der Waals surface area contributed by atoms with Gasteiger partial charge in [-0.1, -0.05) is 107 Å². The number of hydrazine groups is 1. The summed E-state index contributed by atoms with van der Waals surface area (Å²) in [7, 11) is 1.58. The summed E-state index contributed by atoms with van der Waals surface area (Å²) in [6.45, 7) is 6.82. The lowest BCUT2D eigenvalue weighted by molar-refractivity contribution is -0.131. The van der Waals surface area contributed by atoms with Crippen LogP contribution in [0.15, 0.2) is 134 Å². The third kappa shape index (κ3) is 15.8. The van der Waals surface area contributed by atoms with E-state index in [1.54, 1.807) is 114 Å². The van der Waals surface area contributed by atoms with Crippen LogP contribution in [-0.4, -0.2) is 82.6 Å². The summed E-state index contributed by atoms with van der Waals surface area (Å²) in [5.41, 5.74) is 5.60. The lowest BCUT2D eigenvalue weighted by Crippen LogP contribution is -2.60. The van der Waals surface area contributed by atoms with Gasteiger partial charge in [0.1, 0.15) is 36.4 Å². The van der Waals surface area contributed by atoms with Crippen LogP contribution >= 0.6 is 0 Å². The minimum atomic E-state index is -1.26. The lowest BCUT2D eigenvalue weighted by atomic mass is 9.98. The normalized spacial score (nSPS) is 12.9. The van der Waals surface area contributed by atoms with E-state index in [9.17, 15) is 32.8 Å². The minimum absolute atomic E-state index is 0.00631. The zero-order valence-corrected chi connectivity index (χ0v) is 37.7. The third-order valence-corrected chi connectivity index (χ3v) is 10.5. The molecular formula is C50H57F2N7O7. The number of hydrogen-bond acceptors (Lipinski definition) is 9. The zero-order valence-electron chi connectivity index (χ0n) is 37.7. The number of alkyl carbamates (subject to hydrolysis) is 1. The number of aromatic nitrogens is 1. The first-order chi connectivity index (χ1) is 31.6. The van der Waals surface area contributed by atoms with Crippen molar-refractivity contribution in [1.29, 1.82) is 0 Å². The van der Waals surface area contributed by atoms with Gasteiger partial charge in [-0.2, -0.15) is 0 Å². The van der Waals surface area contributed by atoms with Gasteiger partial charge in [0.15, 0.2) is 0 Å². The van der Waals surface area contributed by atoms with Gasteiger partial charge in [0, 0.05) is 19.8 Å². The first-order valence-electron chi connectivity index (χ1n) is 21.6. The molecule has 0 unspecified atom stereocenters. The number of pyridine rings is 1. The van der Waals surface area contributed by atoms with Crippen LogP contribution in [0.3, 0.4) is 0 Å². The van der Waals surface area contributed by atoms with Crippen LogP contribution in [0.2, 0.25) is 0 Å². The van der Waals surface area contributed by atoms with Crippen LogP contribution in [0.1, 0.15) is 60.4 Å². The van der Waals surface area contributed by atoms with Crippen LogP contribution < -0.4 is 21.4 Å². The lowest BCUT2D eigenvalue weighted by Gasteiger charge is -2.35. The fourth-order valence-corrected chi connectivity index (χ4v) is 6.86. The number of ether oxygens (including phenoxy) is 2. The molecule has 0 radical (unpaired) electrons. The van der Waals surface area contributed by atoms with E-state index in [4.69, 9.17) is 9.47 Å². The Morgan fingerprint density at radius 1 is 0.636 bits per heavy atom. The number of halogens is 2. The van der Waals surface area contributed by atoms with Crippen molar-refractivity contribution in [2.75, 3.05) is 13.6 Å². The van der Waals surface area contributed by atoms with E-state index in [1.807, 2.05) is 6.07 Å². The van der Waals surface area contributed by atoms with Gasteiger partial charge >= 0.3 is 18.1 Å². The molecule has 0 aliphatic rings. The molecule has 0 fully saturated rings. The van der Waals surface area contributed by atoms with E-state index in [0.717, 1.165) is 5.56 Å². The summed E-state index contributed by atoms with van der Waals surface area (Å²) in [6, 6.07) is 29.9. The van der Waals surface area contributed by atoms with Gasteiger partial charge < -0.3 is 30.3 Å². The summed E-state index contributed by atoms with van der Waals surface area (Å²) in [4.78, 5) is 74.9. The van der Waals surface area contributed by atoms with Crippen molar-refractivity contribution in [3.05, 3.63) is 173 Å². The highest BCUT2D eigenvalue weighted by molar-refractivity contribution is 5.90. The number of urea groups is 1. The van der Waals surface area contributed by atoms with Gasteiger partial charge in [0.05, 0.1) is 30.4 Å². The van der Waals surface area contributed by atoms with E-state index in [2.05, 4.69) is 26.4 Å². The Morgan fingerprint density at radius 2 is 1.21 bits per heavy atom. The largest absolute Gasteiger partial charge is 0.455 e. The Balaban J connectivity index is 1.48. The highest BCUT2D eigenvalue weighted by Gasteiger charge is 2.35. The molecule has 1 aromatic heterocycles. The first kappa shape index (κ1) is 49.8. The molecule has 0 aliphatic heterocycles. The van der Waals surface area contributed by atoms with Gasteiger partial charge in [0.2, 0.25) is 5.91 Å². The van der Waals surface area contributed by atoms with Gasteiger partial charge in [-0.15, -0.1) is 0 Å². The standard InChI is InChI=1S/C50H57F2N7O7/c1-33(2)44(56-50(64)65-32-37-14-8-6-9-15-37)46(60)54-42(28-35-19-23-39(51)24-20-35)43(66-48(62)38-16-10-7-11-17-38)31-59(29-36-21-25-40(52)26-22-36)57-47(61)45(34(3)4)55-49(63)58(5)30-41-18-12-13-27-53-41/h6-27,33-34,42-45H,28-32H2,1-5H3,(H,54,60)(H,55,63)(H,56,64)(H,57,61)/t42-,43-,44-,45-/m0/s1. The second kappa shape index (κ2) is 24.8. The third-order valence-electron chi connectivity index (χ3n) is 10.5. The van der Waals surface area contributed by atoms with Crippen molar-refractivity contribution in [2.45, 2.75) is 78.0 Å². The molecule has 14 nitrogen and oxygen atoms in total. The van der Waals surface area contributed by atoms with Crippen LogP contribution in [0, 0.1) is 23.5 Å². The number of hydrogen-bond donors (Lipinski definition) is 4. The molecule has 4 atom stereocenters. The van der Waals surface area contributed by atoms with Crippen molar-refractivity contribution in [3.63, 3.8) is 0 Å². The number of carbonyl (C=O) groups is 5. The average molecular weight is 906 g/mol. The maximum Gasteiger partial charge on any atom is 0.408 e. The van der Waals surface area contributed by atoms with Crippen molar-refractivity contribution >= 4 is 29.9 Å². The fraction of sp³-hybridized carbons (Fsp3) is 0.320. The number of esters is 1. The highest BCUT2D eigenvalue weighted by Crippen LogP contribution is 2.18. The van der Waals surface area contributed by atoms with Crippen LogP contribution in [-0.2, 0) is 45.2 Å². The molecule has 348 valence electrons. The molecule has 1 heterocycles. The summed E-state index contributed by atoms with van der Waals surface area (Å²) < 4.78 is 40.1. The molecule has 4 aromatic carbocycles. The van der Waals surface area contributed by atoms with Gasteiger partial charge in [-0.25, -0.2) is 28.2 Å².